The lowest BCUT2D eigenvalue weighted by atomic mass is 9.89. The van der Waals surface area contributed by atoms with E-state index in [4.69, 9.17) is 9.94 Å². The van der Waals surface area contributed by atoms with E-state index in [2.05, 4.69) is 46.9 Å². The number of hydrogen-bond acceptors (Lipinski definition) is 6. The summed E-state index contributed by atoms with van der Waals surface area (Å²) in [6, 6.07) is 8.77. The average Bonchev–Trinajstić information content (AvgIpc) is 3.15. The van der Waals surface area contributed by atoms with Gasteiger partial charge in [-0.15, -0.1) is 0 Å². The zero-order valence-electron chi connectivity index (χ0n) is 16.7. The van der Waals surface area contributed by atoms with Crippen LogP contribution in [0.1, 0.15) is 56.2 Å². The van der Waals surface area contributed by atoms with Crippen molar-refractivity contribution < 1.29 is 14.7 Å². The van der Waals surface area contributed by atoms with E-state index in [0.717, 1.165) is 51.7 Å². The Morgan fingerprint density at radius 2 is 2.00 bits per heavy atom. The summed E-state index contributed by atoms with van der Waals surface area (Å²) in [4.78, 5) is 18.7. The minimum Gasteiger partial charge on any atom is -0.480 e. The van der Waals surface area contributed by atoms with E-state index >= 15 is 0 Å². The van der Waals surface area contributed by atoms with Crippen molar-refractivity contribution >= 4 is 5.97 Å². The maximum absolute atomic E-state index is 10.8. The maximum Gasteiger partial charge on any atom is 0.317 e. The second-order valence-corrected chi connectivity index (χ2v) is 7.90. The van der Waals surface area contributed by atoms with Crippen molar-refractivity contribution in [1.29, 1.82) is 0 Å². The van der Waals surface area contributed by atoms with Crippen LogP contribution in [0.5, 0.6) is 0 Å². The highest BCUT2D eigenvalue weighted by molar-refractivity contribution is 5.69. The highest BCUT2D eigenvalue weighted by atomic mass is 16.7. The standard InChI is InChI=1S/C21H32N4O3/c1-2-9-22-23-14-17-3-5-18(6-4-17)20-13-19(28-24-20)12-16-7-10-25(11-8-16)15-21(26)27/h3-6,16,19-20,24H,2,7-15H2,1H3,(H,26,27). The minimum absolute atomic E-state index is 0.159. The molecule has 2 atom stereocenters. The van der Waals surface area contributed by atoms with Crippen molar-refractivity contribution in [2.45, 2.75) is 57.7 Å². The Morgan fingerprint density at radius 1 is 1.25 bits per heavy atom. The molecule has 0 spiro atoms. The second-order valence-electron chi connectivity index (χ2n) is 7.90. The molecule has 7 nitrogen and oxygen atoms in total. The highest BCUT2D eigenvalue weighted by Crippen LogP contribution is 2.31. The summed E-state index contributed by atoms with van der Waals surface area (Å²) in [6.07, 6.45) is 5.38. The second kappa shape index (κ2) is 10.6. The highest BCUT2D eigenvalue weighted by Gasteiger charge is 2.30. The zero-order chi connectivity index (χ0) is 19.8. The van der Waals surface area contributed by atoms with Crippen LogP contribution in [0.25, 0.3) is 0 Å². The lowest BCUT2D eigenvalue weighted by Crippen LogP contribution is -2.38. The first-order valence-corrected chi connectivity index (χ1v) is 10.4. The number of hydroxylamine groups is 1. The van der Waals surface area contributed by atoms with Crippen molar-refractivity contribution in [2.75, 3.05) is 26.2 Å². The van der Waals surface area contributed by atoms with Gasteiger partial charge in [0.05, 0.1) is 31.8 Å². The van der Waals surface area contributed by atoms with Gasteiger partial charge in [0.15, 0.2) is 0 Å². The van der Waals surface area contributed by atoms with E-state index in [1.807, 2.05) is 4.90 Å². The fourth-order valence-electron chi connectivity index (χ4n) is 3.99. The number of benzene rings is 1. The molecule has 154 valence electrons. The summed E-state index contributed by atoms with van der Waals surface area (Å²) in [5.74, 6) is -0.119. The topological polar surface area (TPSA) is 86.5 Å². The summed E-state index contributed by atoms with van der Waals surface area (Å²) >= 11 is 0. The zero-order valence-corrected chi connectivity index (χ0v) is 16.7. The van der Waals surface area contributed by atoms with E-state index in [0.29, 0.717) is 12.5 Å². The van der Waals surface area contributed by atoms with Crippen LogP contribution in [0, 0.1) is 5.92 Å². The maximum atomic E-state index is 10.8. The van der Waals surface area contributed by atoms with Crippen LogP contribution in [-0.2, 0) is 16.2 Å². The molecule has 2 saturated heterocycles. The quantitative estimate of drug-likeness (QED) is 0.632. The van der Waals surface area contributed by atoms with Gasteiger partial charge >= 0.3 is 5.97 Å². The normalized spacial score (nSPS) is 24.2. The predicted molar refractivity (Wildman–Crippen MR) is 107 cm³/mol. The Bertz CT molecular complexity index is 642. The van der Waals surface area contributed by atoms with Gasteiger partial charge in [-0.25, -0.2) is 0 Å². The molecule has 0 aromatic heterocycles. The van der Waals surface area contributed by atoms with Gasteiger partial charge in [0.2, 0.25) is 0 Å². The molecule has 0 radical (unpaired) electrons. The Kier molecular flexibility index (Phi) is 7.94. The van der Waals surface area contributed by atoms with Gasteiger partial charge in [0, 0.05) is 0 Å². The van der Waals surface area contributed by atoms with Crippen LogP contribution in [0.2, 0.25) is 0 Å². The molecule has 2 N–H and O–H groups in total. The monoisotopic (exact) mass is 388 g/mol. The van der Waals surface area contributed by atoms with Crippen LogP contribution in [-0.4, -0.2) is 48.3 Å². The molecule has 28 heavy (non-hydrogen) atoms. The fraction of sp³-hybridized carbons (Fsp3) is 0.667. The van der Waals surface area contributed by atoms with Crippen molar-refractivity contribution in [1.82, 2.24) is 10.4 Å². The van der Waals surface area contributed by atoms with E-state index in [1.165, 1.54) is 11.1 Å². The van der Waals surface area contributed by atoms with E-state index in [9.17, 15) is 4.79 Å². The third-order valence-electron chi connectivity index (χ3n) is 5.60. The van der Waals surface area contributed by atoms with Gasteiger partial charge in [-0.05, 0) is 62.2 Å². The van der Waals surface area contributed by atoms with Crippen LogP contribution in [0.3, 0.4) is 0 Å². The smallest absolute Gasteiger partial charge is 0.317 e. The van der Waals surface area contributed by atoms with E-state index in [1.54, 1.807) is 0 Å². The number of carboxylic acid groups (broad SMARTS) is 1. The van der Waals surface area contributed by atoms with Crippen molar-refractivity contribution in [3.8, 4) is 0 Å². The fourth-order valence-corrected chi connectivity index (χ4v) is 3.99. The number of piperidine rings is 1. The molecule has 3 rings (SSSR count). The van der Waals surface area contributed by atoms with Crippen LogP contribution >= 0.6 is 0 Å². The molecule has 2 heterocycles. The molecule has 1 aromatic rings. The Morgan fingerprint density at radius 3 is 2.68 bits per heavy atom. The van der Waals surface area contributed by atoms with Gasteiger partial charge in [0.25, 0.3) is 0 Å². The minimum atomic E-state index is -0.736. The molecule has 1 aromatic carbocycles. The number of carboxylic acids is 1. The first-order chi connectivity index (χ1) is 13.6. The molecular formula is C21H32N4O3. The number of aliphatic carboxylic acids is 1. The Hall–Kier alpha value is -1.83. The number of hydrogen-bond donors (Lipinski definition) is 2. The van der Waals surface area contributed by atoms with E-state index < -0.39 is 5.97 Å². The summed E-state index contributed by atoms with van der Waals surface area (Å²) in [5.41, 5.74) is 5.61. The number of carbonyl (C=O) groups is 1. The van der Waals surface area contributed by atoms with Gasteiger partial charge in [-0.1, -0.05) is 31.2 Å². The first-order valence-electron chi connectivity index (χ1n) is 10.4. The lowest BCUT2D eigenvalue weighted by molar-refractivity contribution is -0.138. The molecule has 0 aliphatic carbocycles. The first kappa shape index (κ1) is 20.9. The molecule has 0 amide bonds. The number of nitrogens with one attached hydrogen (secondary N) is 1. The lowest BCUT2D eigenvalue weighted by Gasteiger charge is -2.31. The van der Waals surface area contributed by atoms with Crippen molar-refractivity contribution in [2.24, 2.45) is 16.1 Å². The Labute approximate surface area is 167 Å². The molecular weight excluding hydrogens is 356 g/mol. The average molecular weight is 389 g/mol. The summed E-state index contributed by atoms with van der Waals surface area (Å²) in [6.45, 7) is 5.43. The van der Waals surface area contributed by atoms with Crippen molar-refractivity contribution in [3.05, 3.63) is 35.4 Å². The summed E-state index contributed by atoms with van der Waals surface area (Å²) in [5, 5.41) is 17.2. The van der Waals surface area contributed by atoms with Crippen LogP contribution in [0.4, 0.5) is 0 Å². The molecule has 0 saturated carbocycles. The third-order valence-corrected chi connectivity index (χ3v) is 5.60. The molecule has 2 fully saturated rings. The summed E-state index contributed by atoms with van der Waals surface area (Å²) < 4.78 is 0. The summed E-state index contributed by atoms with van der Waals surface area (Å²) in [7, 11) is 0. The third kappa shape index (κ3) is 6.36. The van der Waals surface area contributed by atoms with Gasteiger partial charge < -0.3 is 5.11 Å². The number of likely N-dealkylation sites (tertiary alicyclic amines) is 1. The van der Waals surface area contributed by atoms with Crippen molar-refractivity contribution in [3.63, 3.8) is 0 Å². The van der Waals surface area contributed by atoms with Crippen LogP contribution < -0.4 is 5.48 Å². The van der Waals surface area contributed by atoms with E-state index in [-0.39, 0.29) is 18.7 Å². The Balaban J connectivity index is 1.41. The van der Waals surface area contributed by atoms with Crippen LogP contribution in [0.15, 0.2) is 34.5 Å². The molecule has 2 aliphatic rings. The van der Waals surface area contributed by atoms with Gasteiger partial charge in [0.1, 0.15) is 0 Å². The number of nitrogens with zero attached hydrogens (tertiary/aromatic N) is 3. The molecule has 2 unspecified atom stereocenters. The van der Waals surface area contributed by atoms with Gasteiger partial charge in [-0.3, -0.25) is 14.5 Å². The number of rotatable bonds is 9. The van der Waals surface area contributed by atoms with Gasteiger partial charge in [-0.2, -0.15) is 15.7 Å². The number of azo groups is 1. The SMILES string of the molecule is CCCN=NCc1ccc(C2CC(CC3CCN(CC(=O)O)CC3)ON2)cc1. The molecule has 2 aliphatic heterocycles. The molecule has 0 bridgehead atoms. The largest absolute Gasteiger partial charge is 0.480 e. The molecule has 7 heteroatoms. The predicted octanol–water partition coefficient (Wildman–Crippen LogP) is 3.57.